The predicted octanol–water partition coefficient (Wildman–Crippen LogP) is 6.17. The highest BCUT2D eigenvalue weighted by molar-refractivity contribution is 6.32. The maximum absolute atomic E-state index is 8.99. The van der Waals surface area contributed by atoms with Gasteiger partial charge in [-0.25, -0.2) is 4.99 Å². The second kappa shape index (κ2) is 8.69. The molecule has 2 aromatic carbocycles. The molecule has 1 N–H and O–H groups in total. The molecule has 5 rings (SSSR count). The Morgan fingerprint density at radius 2 is 1.82 bits per heavy atom. The summed E-state index contributed by atoms with van der Waals surface area (Å²) in [6.07, 6.45) is 5.84. The quantitative estimate of drug-likeness (QED) is 0.389. The van der Waals surface area contributed by atoms with Crippen molar-refractivity contribution in [1.29, 1.82) is 5.26 Å². The molecule has 0 amide bonds. The Labute approximate surface area is 195 Å². The fourth-order valence-corrected chi connectivity index (χ4v) is 3.83. The van der Waals surface area contributed by atoms with Crippen LogP contribution in [0.25, 0.3) is 11.1 Å². The van der Waals surface area contributed by atoms with Crippen molar-refractivity contribution >= 4 is 35.3 Å². The molecule has 0 radical (unpaired) electrons. The van der Waals surface area contributed by atoms with Crippen LogP contribution in [0.4, 0.5) is 17.5 Å². The number of nitrogens with one attached hydrogen (secondary N) is 1. The van der Waals surface area contributed by atoms with E-state index >= 15 is 0 Å². The van der Waals surface area contributed by atoms with Crippen molar-refractivity contribution in [3.8, 4) is 28.8 Å². The summed E-state index contributed by atoms with van der Waals surface area (Å²) >= 11 is 6.63. The Balaban J connectivity index is 1.48. The van der Waals surface area contributed by atoms with Crippen LogP contribution >= 0.6 is 11.6 Å². The number of ether oxygens (including phenoxy) is 1. The second-order valence-corrected chi connectivity index (χ2v) is 7.83. The van der Waals surface area contributed by atoms with Crippen molar-refractivity contribution in [3.63, 3.8) is 0 Å². The summed E-state index contributed by atoms with van der Waals surface area (Å²) in [5, 5.41) is 12.6. The molecule has 0 bridgehead atoms. The van der Waals surface area contributed by atoms with Gasteiger partial charge in [0.25, 0.3) is 0 Å². The molecule has 8 heteroatoms. The molecule has 0 atom stereocenters. The number of anilines is 2. The SMILES string of the molecule is Cc1cc(-c2ccncc2)cc(Cl)c1Oc1nc(Nc2ccc(C#N)cc2)nc2c1CC=N2. The third-order valence-electron chi connectivity index (χ3n) is 5.17. The monoisotopic (exact) mass is 452 g/mol. The lowest BCUT2D eigenvalue weighted by molar-refractivity contribution is 0.455. The molecular weight excluding hydrogens is 436 g/mol. The number of fused-ring (bicyclic) bond motifs is 1. The molecule has 7 nitrogen and oxygen atoms in total. The van der Waals surface area contributed by atoms with E-state index < -0.39 is 0 Å². The van der Waals surface area contributed by atoms with Crippen LogP contribution in [0.2, 0.25) is 5.02 Å². The zero-order valence-corrected chi connectivity index (χ0v) is 18.3. The van der Waals surface area contributed by atoms with Gasteiger partial charge in [0.05, 0.1) is 22.2 Å². The highest BCUT2D eigenvalue weighted by Gasteiger charge is 2.21. The fourth-order valence-electron chi connectivity index (χ4n) is 3.53. The number of nitriles is 1. The third kappa shape index (κ3) is 4.25. The first-order chi connectivity index (χ1) is 16.1. The van der Waals surface area contributed by atoms with E-state index in [9.17, 15) is 0 Å². The molecule has 0 unspecified atom stereocenters. The van der Waals surface area contributed by atoms with Gasteiger partial charge in [0, 0.05) is 30.7 Å². The summed E-state index contributed by atoms with van der Waals surface area (Å²) in [6.45, 7) is 1.94. The molecule has 0 spiro atoms. The first kappa shape index (κ1) is 20.6. The molecule has 2 aromatic heterocycles. The van der Waals surface area contributed by atoms with Crippen LogP contribution < -0.4 is 10.1 Å². The van der Waals surface area contributed by atoms with Gasteiger partial charge in [-0.1, -0.05) is 11.6 Å². The van der Waals surface area contributed by atoms with Crippen LogP contribution in [0.3, 0.4) is 0 Å². The summed E-state index contributed by atoms with van der Waals surface area (Å²) < 4.78 is 6.23. The van der Waals surface area contributed by atoms with Crippen molar-refractivity contribution in [2.45, 2.75) is 13.3 Å². The van der Waals surface area contributed by atoms with Gasteiger partial charge in [-0.05, 0) is 72.1 Å². The number of nitrogens with zero attached hydrogens (tertiary/aromatic N) is 5. The number of aryl methyl sites for hydroxylation is 1. The fraction of sp³-hybridized carbons (Fsp3) is 0.0800. The van der Waals surface area contributed by atoms with Gasteiger partial charge >= 0.3 is 0 Å². The Morgan fingerprint density at radius 1 is 1.03 bits per heavy atom. The minimum atomic E-state index is 0.342. The van der Waals surface area contributed by atoms with Gasteiger partial charge in [0.15, 0.2) is 11.6 Å². The second-order valence-electron chi connectivity index (χ2n) is 7.43. The number of hydrogen-bond donors (Lipinski definition) is 1. The van der Waals surface area contributed by atoms with Gasteiger partial charge in [0.2, 0.25) is 11.8 Å². The first-order valence-corrected chi connectivity index (χ1v) is 10.6. The predicted molar refractivity (Wildman–Crippen MR) is 128 cm³/mol. The number of aromatic nitrogens is 3. The van der Waals surface area contributed by atoms with Gasteiger partial charge in [-0.15, -0.1) is 0 Å². The molecule has 160 valence electrons. The van der Waals surface area contributed by atoms with Crippen molar-refractivity contribution in [1.82, 2.24) is 15.0 Å². The lowest BCUT2D eigenvalue weighted by Gasteiger charge is -2.15. The van der Waals surface area contributed by atoms with Crippen molar-refractivity contribution < 1.29 is 4.74 Å². The van der Waals surface area contributed by atoms with Gasteiger partial charge in [-0.3, -0.25) is 4.98 Å². The Hall–Kier alpha value is -4.28. The molecular formula is C25H17ClN6O. The van der Waals surface area contributed by atoms with Gasteiger partial charge in [0.1, 0.15) is 0 Å². The molecule has 3 heterocycles. The standard InChI is InChI=1S/C25H17ClN6O/c1-15-12-18(17-6-9-28-10-7-17)13-21(26)22(15)33-24-20-8-11-29-23(20)31-25(32-24)30-19-4-2-16(14-27)3-5-19/h2-7,9-13H,8H2,1H3,(H,30,31,32). The van der Waals surface area contributed by atoms with E-state index in [0.717, 1.165) is 27.9 Å². The van der Waals surface area contributed by atoms with Gasteiger partial charge < -0.3 is 10.1 Å². The van der Waals surface area contributed by atoms with E-state index in [0.29, 0.717) is 40.4 Å². The Morgan fingerprint density at radius 3 is 2.55 bits per heavy atom. The molecule has 0 aliphatic carbocycles. The van der Waals surface area contributed by atoms with E-state index in [1.165, 1.54) is 0 Å². The van der Waals surface area contributed by atoms with Crippen LogP contribution in [0.5, 0.6) is 11.6 Å². The molecule has 1 aliphatic rings. The minimum absolute atomic E-state index is 0.342. The highest BCUT2D eigenvalue weighted by Crippen LogP contribution is 2.40. The average Bonchev–Trinajstić information content (AvgIpc) is 3.31. The minimum Gasteiger partial charge on any atom is -0.437 e. The molecule has 0 saturated heterocycles. The van der Waals surface area contributed by atoms with Crippen molar-refractivity contribution in [2.24, 2.45) is 4.99 Å². The first-order valence-electron chi connectivity index (χ1n) is 10.2. The Kier molecular flexibility index (Phi) is 5.43. The van der Waals surface area contributed by atoms with Crippen molar-refractivity contribution in [2.75, 3.05) is 5.32 Å². The third-order valence-corrected chi connectivity index (χ3v) is 5.45. The highest BCUT2D eigenvalue weighted by atomic mass is 35.5. The Bertz CT molecular complexity index is 1390. The average molecular weight is 453 g/mol. The number of rotatable bonds is 5. The van der Waals surface area contributed by atoms with E-state index in [1.54, 1.807) is 42.9 Å². The van der Waals surface area contributed by atoms with Crippen LogP contribution in [0.15, 0.2) is 65.9 Å². The van der Waals surface area contributed by atoms with Crippen LogP contribution in [0.1, 0.15) is 16.7 Å². The van der Waals surface area contributed by atoms with E-state index in [-0.39, 0.29) is 0 Å². The maximum atomic E-state index is 8.99. The molecule has 1 aliphatic heterocycles. The van der Waals surface area contributed by atoms with Crippen LogP contribution in [-0.2, 0) is 6.42 Å². The molecule has 33 heavy (non-hydrogen) atoms. The molecule has 0 fully saturated rings. The summed E-state index contributed by atoms with van der Waals surface area (Å²) in [5.74, 6) is 1.83. The van der Waals surface area contributed by atoms with Crippen LogP contribution in [0, 0.1) is 18.3 Å². The smallest absolute Gasteiger partial charge is 0.232 e. The van der Waals surface area contributed by atoms with Crippen LogP contribution in [-0.4, -0.2) is 21.2 Å². The summed E-state index contributed by atoms with van der Waals surface area (Å²) in [7, 11) is 0. The van der Waals surface area contributed by atoms with Gasteiger partial charge in [-0.2, -0.15) is 15.2 Å². The molecule has 4 aromatic rings. The largest absolute Gasteiger partial charge is 0.437 e. The van der Waals surface area contributed by atoms with E-state index in [1.807, 2.05) is 31.2 Å². The lowest BCUT2D eigenvalue weighted by atomic mass is 10.0. The topological polar surface area (TPSA) is 96.1 Å². The van der Waals surface area contributed by atoms with E-state index in [2.05, 4.69) is 31.3 Å². The lowest BCUT2D eigenvalue weighted by Crippen LogP contribution is -2.02. The van der Waals surface area contributed by atoms with E-state index in [4.69, 9.17) is 21.6 Å². The number of hydrogen-bond acceptors (Lipinski definition) is 7. The summed E-state index contributed by atoms with van der Waals surface area (Å²) in [6, 6.07) is 16.9. The van der Waals surface area contributed by atoms with Crippen molar-refractivity contribution in [3.05, 3.63) is 82.6 Å². The number of aliphatic imine (C=N–C) groups is 1. The zero-order valence-electron chi connectivity index (χ0n) is 17.6. The normalized spacial score (nSPS) is 11.7. The maximum Gasteiger partial charge on any atom is 0.232 e. The zero-order chi connectivity index (χ0) is 22.8. The summed E-state index contributed by atoms with van der Waals surface area (Å²) in [5.41, 5.74) is 5.00. The number of pyridine rings is 1. The number of halogens is 1. The molecule has 0 saturated carbocycles. The number of benzene rings is 2. The summed E-state index contributed by atoms with van der Waals surface area (Å²) in [4.78, 5) is 17.5.